The quantitative estimate of drug-likeness (QED) is 0.146. The second-order valence-electron chi connectivity index (χ2n) is 15.9. The second kappa shape index (κ2) is 15.5. The lowest BCUT2D eigenvalue weighted by atomic mass is 9.67. The molecule has 0 radical (unpaired) electrons. The van der Waals surface area contributed by atoms with Crippen molar-refractivity contribution in [3.63, 3.8) is 0 Å². The van der Waals surface area contributed by atoms with Gasteiger partial charge in [0.15, 0.2) is 0 Å². The summed E-state index contributed by atoms with van der Waals surface area (Å²) >= 11 is 0. The molecule has 0 spiro atoms. The van der Waals surface area contributed by atoms with E-state index in [1.807, 2.05) is 30.6 Å². The van der Waals surface area contributed by atoms with Crippen molar-refractivity contribution >= 4 is 27.8 Å². The standard InChI is InChI=1S/C59H42N2O/c1-62-52-36-34-51(35-37-52)61(58-21-9-12-45-11-2-3-16-53(45)58)50-32-30-48(31-33-50)59(56-19-6-4-17-54(56)55-18-5-7-20-57(55)59)49-15-8-13-46(39-49)43-26-22-41(23-27-43)42-24-28-44(29-25-42)47-14-10-38-60-40-47/h2-40H,1H3. The normalized spacial score (nSPS) is 12.4. The number of methoxy groups -OCH3 is 1. The Morgan fingerprint density at radius 2 is 0.952 bits per heavy atom. The van der Waals surface area contributed by atoms with Crippen molar-refractivity contribution in [2.24, 2.45) is 0 Å². The minimum absolute atomic E-state index is 0.553. The van der Waals surface area contributed by atoms with Gasteiger partial charge in [-0.3, -0.25) is 4.98 Å². The predicted molar refractivity (Wildman–Crippen MR) is 257 cm³/mol. The molecule has 9 aromatic carbocycles. The molecule has 0 amide bonds. The second-order valence-corrected chi connectivity index (χ2v) is 15.9. The Bertz CT molecular complexity index is 3140. The molecule has 0 N–H and O–H groups in total. The SMILES string of the molecule is COc1ccc(N(c2ccc(C3(c4cccc(-c5ccc(-c6ccc(-c7cccnc7)cc6)cc5)c4)c4ccccc4-c4ccccc43)cc2)c2cccc3ccccc23)cc1. The number of pyridine rings is 1. The average molecular weight is 795 g/mol. The lowest BCUT2D eigenvalue weighted by Gasteiger charge is -2.35. The van der Waals surface area contributed by atoms with E-state index in [1.54, 1.807) is 7.11 Å². The van der Waals surface area contributed by atoms with Crippen molar-refractivity contribution in [3.05, 3.63) is 259 Å². The van der Waals surface area contributed by atoms with Gasteiger partial charge in [0.05, 0.1) is 18.2 Å². The zero-order valence-electron chi connectivity index (χ0n) is 34.3. The summed E-state index contributed by atoms with van der Waals surface area (Å²) in [5, 5.41) is 2.39. The Morgan fingerprint density at radius 3 is 1.58 bits per heavy atom. The van der Waals surface area contributed by atoms with Gasteiger partial charge in [0.1, 0.15) is 5.75 Å². The summed E-state index contributed by atoms with van der Waals surface area (Å²) in [6, 6.07) is 81.6. The summed E-state index contributed by atoms with van der Waals surface area (Å²) in [4.78, 5) is 6.65. The maximum Gasteiger partial charge on any atom is 0.119 e. The molecule has 0 aliphatic heterocycles. The van der Waals surface area contributed by atoms with Crippen molar-refractivity contribution in [2.75, 3.05) is 12.0 Å². The van der Waals surface area contributed by atoms with Crippen LogP contribution in [0.1, 0.15) is 22.3 Å². The Hall–Kier alpha value is -8.01. The van der Waals surface area contributed by atoms with E-state index >= 15 is 0 Å². The molecule has 0 bridgehead atoms. The molecule has 0 unspecified atom stereocenters. The van der Waals surface area contributed by atoms with Gasteiger partial charge in [-0.25, -0.2) is 0 Å². The van der Waals surface area contributed by atoms with Gasteiger partial charge in [-0.05, 0) is 127 Å². The average Bonchev–Trinajstić information content (AvgIpc) is 3.66. The molecule has 1 aliphatic rings. The van der Waals surface area contributed by atoms with Gasteiger partial charge in [-0.15, -0.1) is 0 Å². The fourth-order valence-corrected chi connectivity index (χ4v) is 9.62. The molecule has 1 aromatic heterocycles. The van der Waals surface area contributed by atoms with Gasteiger partial charge in [0.2, 0.25) is 0 Å². The molecule has 1 heterocycles. The van der Waals surface area contributed by atoms with Crippen LogP contribution in [0.5, 0.6) is 5.75 Å². The molecule has 0 saturated heterocycles. The number of ether oxygens (including phenoxy) is 1. The molecule has 3 nitrogen and oxygen atoms in total. The van der Waals surface area contributed by atoms with Gasteiger partial charge in [0, 0.05) is 29.2 Å². The maximum absolute atomic E-state index is 5.57. The lowest BCUT2D eigenvalue weighted by molar-refractivity contribution is 0.415. The monoisotopic (exact) mass is 794 g/mol. The van der Waals surface area contributed by atoms with Crippen LogP contribution in [0.4, 0.5) is 17.1 Å². The van der Waals surface area contributed by atoms with Gasteiger partial charge in [-0.1, -0.05) is 170 Å². The molecular formula is C59H42N2O. The highest BCUT2D eigenvalue weighted by Crippen LogP contribution is 2.56. The lowest BCUT2D eigenvalue weighted by Crippen LogP contribution is -2.28. The van der Waals surface area contributed by atoms with Gasteiger partial charge in [0.25, 0.3) is 0 Å². The van der Waals surface area contributed by atoms with Crippen LogP contribution in [-0.4, -0.2) is 12.1 Å². The minimum Gasteiger partial charge on any atom is -0.497 e. The largest absolute Gasteiger partial charge is 0.497 e. The molecule has 0 fully saturated rings. The number of fused-ring (bicyclic) bond motifs is 4. The van der Waals surface area contributed by atoms with E-state index in [0.29, 0.717) is 0 Å². The number of anilines is 3. The Labute approximate surface area is 362 Å². The summed E-state index contributed by atoms with van der Waals surface area (Å²) in [7, 11) is 1.71. The molecule has 11 rings (SSSR count). The highest BCUT2D eigenvalue weighted by atomic mass is 16.5. The van der Waals surface area contributed by atoms with Crippen LogP contribution in [0.2, 0.25) is 0 Å². The molecule has 10 aromatic rings. The number of benzene rings is 9. The van der Waals surface area contributed by atoms with Crippen LogP contribution < -0.4 is 9.64 Å². The zero-order chi connectivity index (χ0) is 41.5. The predicted octanol–water partition coefficient (Wildman–Crippen LogP) is 15.1. The van der Waals surface area contributed by atoms with Crippen LogP contribution in [0, 0.1) is 0 Å². The molecular weight excluding hydrogens is 753 g/mol. The van der Waals surface area contributed by atoms with E-state index in [9.17, 15) is 0 Å². The fraction of sp³-hybridized carbons (Fsp3) is 0.0339. The van der Waals surface area contributed by atoms with Crippen LogP contribution in [0.25, 0.3) is 55.3 Å². The minimum atomic E-state index is -0.553. The topological polar surface area (TPSA) is 25.4 Å². The third-order valence-electron chi connectivity index (χ3n) is 12.6. The van der Waals surface area contributed by atoms with Crippen molar-refractivity contribution in [1.82, 2.24) is 4.98 Å². The third kappa shape index (κ3) is 6.26. The summed E-state index contributed by atoms with van der Waals surface area (Å²) in [5.74, 6) is 0.826. The molecule has 1 aliphatic carbocycles. The highest BCUT2D eigenvalue weighted by molar-refractivity contribution is 5.99. The highest BCUT2D eigenvalue weighted by Gasteiger charge is 2.46. The van der Waals surface area contributed by atoms with Crippen molar-refractivity contribution in [2.45, 2.75) is 5.41 Å². The number of hydrogen-bond acceptors (Lipinski definition) is 3. The molecule has 294 valence electrons. The van der Waals surface area contributed by atoms with Crippen LogP contribution >= 0.6 is 0 Å². The molecule has 0 atom stereocenters. The summed E-state index contributed by atoms with van der Waals surface area (Å²) in [6.45, 7) is 0. The summed E-state index contributed by atoms with van der Waals surface area (Å²) in [6.07, 6.45) is 3.72. The maximum atomic E-state index is 5.57. The fourth-order valence-electron chi connectivity index (χ4n) is 9.62. The van der Waals surface area contributed by atoms with Gasteiger partial charge >= 0.3 is 0 Å². The van der Waals surface area contributed by atoms with Gasteiger partial charge in [-0.2, -0.15) is 0 Å². The van der Waals surface area contributed by atoms with E-state index < -0.39 is 5.41 Å². The van der Waals surface area contributed by atoms with Gasteiger partial charge < -0.3 is 9.64 Å². The Morgan fingerprint density at radius 1 is 0.419 bits per heavy atom. The number of rotatable bonds is 9. The van der Waals surface area contributed by atoms with Crippen molar-refractivity contribution in [1.29, 1.82) is 0 Å². The first-order chi connectivity index (χ1) is 30.7. The van der Waals surface area contributed by atoms with Crippen LogP contribution in [-0.2, 0) is 5.41 Å². The Kier molecular flexibility index (Phi) is 9.28. The number of hydrogen-bond donors (Lipinski definition) is 0. The zero-order valence-corrected chi connectivity index (χ0v) is 34.3. The van der Waals surface area contributed by atoms with E-state index in [0.717, 1.165) is 33.9 Å². The van der Waals surface area contributed by atoms with Crippen molar-refractivity contribution in [3.8, 4) is 50.3 Å². The molecule has 3 heteroatoms. The molecule has 0 saturated carbocycles. The first kappa shape index (κ1) is 37.0. The van der Waals surface area contributed by atoms with Crippen LogP contribution in [0.3, 0.4) is 0 Å². The van der Waals surface area contributed by atoms with E-state index in [4.69, 9.17) is 4.74 Å². The van der Waals surface area contributed by atoms with E-state index in [2.05, 4.69) is 216 Å². The third-order valence-corrected chi connectivity index (χ3v) is 12.6. The summed E-state index contributed by atoms with van der Waals surface area (Å²) in [5.41, 5.74) is 17.3. The van der Waals surface area contributed by atoms with E-state index in [-0.39, 0.29) is 0 Å². The van der Waals surface area contributed by atoms with E-state index in [1.165, 1.54) is 66.4 Å². The number of aromatic nitrogens is 1. The smallest absolute Gasteiger partial charge is 0.119 e. The number of nitrogens with zero attached hydrogens (tertiary/aromatic N) is 2. The van der Waals surface area contributed by atoms with Crippen molar-refractivity contribution < 1.29 is 4.74 Å². The molecule has 62 heavy (non-hydrogen) atoms. The van der Waals surface area contributed by atoms with Crippen LogP contribution in [0.15, 0.2) is 237 Å². The first-order valence-electron chi connectivity index (χ1n) is 21.1. The Balaban J connectivity index is 1.02. The summed E-state index contributed by atoms with van der Waals surface area (Å²) < 4.78 is 5.57. The first-order valence-corrected chi connectivity index (χ1v) is 21.1.